The molecule has 0 bridgehead atoms. The van der Waals surface area contributed by atoms with Crippen molar-refractivity contribution in [3.05, 3.63) is 17.5 Å². The van der Waals surface area contributed by atoms with E-state index in [2.05, 4.69) is 10.5 Å². The Bertz CT molecular complexity index is 565. The minimum absolute atomic E-state index is 0.0955. The molecule has 2 heterocycles. The van der Waals surface area contributed by atoms with Gasteiger partial charge in [-0.3, -0.25) is 4.90 Å². The van der Waals surface area contributed by atoms with Crippen LogP contribution in [0.2, 0.25) is 0 Å². The van der Waals surface area contributed by atoms with Gasteiger partial charge in [0.15, 0.2) is 15.6 Å². The van der Waals surface area contributed by atoms with Crippen LogP contribution in [0.1, 0.15) is 30.7 Å². The summed E-state index contributed by atoms with van der Waals surface area (Å²) >= 11 is 0. The van der Waals surface area contributed by atoms with Gasteiger partial charge in [-0.05, 0) is 26.3 Å². The van der Waals surface area contributed by atoms with E-state index in [-0.39, 0.29) is 11.8 Å². The molecule has 2 fully saturated rings. The Hall–Kier alpha value is -0.920. The lowest BCUT2D eigenvalue weighted by Gasteiger charge is -2.21. The SMILES string of the molecule is CN(Cc1cc(CNC2CC2)no1)C1CCS(=O)(=O)C1. The van der Waals surface area contributed by atoms with E-state index in [0.717, 1.165) is 18.0 Å². The Kier molecular flexibility index (Phi) is 3.83. The predicted octanol–water partition coefficient (Wildman–Crippen LogP) is 0.545. The topological polar surface area (TPSA) is 75.4 Å². The molecular weight excluding hydrogens is 278 g/mol. The Labute approximate surface area is 119 Å². The first-order valence-electron chi connectivity index (χ1n) is 7.10. The Morgan fingerprint density at radius 3 is 2.90 bits per heavy atom. The highest BCUT2D eigenvalue weighted by atomic mass is 32.2. The van der Waals surface area contributed by atoms with Crippen LogP contribution >= 0.6 is 0 Å². The summed E-state index contributed by atoms with van der Waals surface area (Å²) in [5.74, 6) is 1.35. The molecular formula is C13H21N3O3S. The van der Waals surface area contributed by atoms with Crippen LogP contribution in [-0.4, -0.2) is 49.1 Å². The second-order valence-electron chi connectivity index (χ2n) is 5.91. The van der Waals surface area contributed by atoms with Crippen molar-refractivity contribution in [3.63, 3.8) is 0 Å². The third-order valence-electron chi connectivity index (χ3n) is 3.99. The molecule has 2 aliphatic rings. The lowest BCUT2D eigenvalue weighted by molar-refractivity contribution is 0.222. The molecule has 1 atom stereocenters. The van der Waals surface area contributed by atoms with E-state index in [9.17, 15) is 8.42 Å². The molecule has 1 aliphatic carbocycles. The summed E-state index contributed by atoms with van der Waals surface area (Å²) in [7, 11) is -0.896. The molecule has 1 aromatic heterocycles. The molecule has 1 N–H and O–H groups in total. The average Bonchev–Trinajstić information content (AvgIpc) is 3.00. The minimum atomic E-state index is -2.84. The number of sulfone groups is 1. The third-order valence-corrected chi connectivity index (χ3v) is 5.74. The largest absolute Gasteiger partial charge is 0.360 e. The molecule has 1 aliphatic heterocycles. The van der Waals surface area contributed by atoms with Crippen LogP contribution in [0, 0.1) is 0 Å². The maximum Gasteiger partial charge on any atom is 0.151 e. The summed E-state index contributed by atoms with van der Waals surface area (Å²) in [5, 5.41) is 7.43. The van der Waals surface area contributed by atoms with Crippen molar-refractivity contribution in [2.75, 3.05) is 18.6 Å². The smallest absolute Gasteiger partial charge is 0.151 e. The molecule has 1 unspecified atom stereocenters. The first-order chi connectivity index (χ1) is 9.52. The maximum absolute atomic E-state index is 11.5. The van der Waals surface area contributed by atoms with E-state index in [1.807, 2.05) is 18.0 Å². The lowest BCUT2D eigenvalue weighted by atomic mass is 10.2. The zero-order chi connectivity index (χ0) is 14.2. The molecule has 0 amide bonds. The van der Waals surface area contributed by atoms with Crippen molar-refractivity contribution < 1.29 is 12.9 Å². The van der Waals surface area contributed by atoms with Crippen molar-refractivity contribution in [2.24, 2.45) is 0 Å². The number of hydrogen-bond acceptors (Lipinski definition) is 6. The monoisotopic (exact) mass is 299 g/mol. The van der Waals surface area contributed by atoms with Crippen LogP contribution in [0.15, 0.2) is 10.6 Å². The standard InChI is InChI=1S/C13H21N3O3S/c1-16(12-4-5-20(17,18)9-12)8-13-6-11(15-19-13)7-14-10-2-3-10/h6,10,12,14H,2-5,7-9H2,1H3. The molecule has 1 saturated heterocycles. The molecule has 7 heteroatoms. The van der Waals surface area contributed by atoms with Gasteiger partial charge in [0.25, 0.3) is 0 Å². The van der Waals surface area contributed by atoms with Crippen molar-refractivity contribution in [2.45, 2.75) is 44.4 Å². The second kappa shape index (κ2) is 5.46. The molecule has 0 aromatic carbocycles. The highest BCUT2D eigenvalue weighted by Crippen LogP contribution is 2.20. The van der Waals surface area contributed by atoms with Crippen LogP contribution < -0.4 is 5.32 Å². The van der Waals surface area contributed by atoms with Crippen LogP contribution in [0.4, 0.5) is 0 Å². The van der Waals surface area contributed by atoms with E-state index in [1.165, 1.54) is 12.8 Å². The van der Waals surface area contributed by atoms with Gasteiger partial charge in [0, 0.05) is 24.7 Å². The molecule has 1 aromatic rings. The van der Waals surface area contributed by atoms with Crippen LogP contribution in [0.25, 0.3) is 0 Å². The zero-order valence-corrected chi connectivity index (χ0v) is 12.5. The minimum Gasteiger partial charge on any atom is -0.360 e. The second-order valence-corrected chi connectivity index (χ2v) is 8.14. The number of nitrogens with zero attached hydrogens (tertiary/aromatic N) is 2. The van der Waals surface area contributed by atoms with E-state index >= 15 is 0 Å². The summed E-state index contributed by atoms with van der Waals surface area (Å²) in [4.78, 5) is 2.04. The van der Waals surface area contributed by atoms with Gasteiger partial charge in [0.1, 0.15) is 0 Å². The Morgan fingerprint density at radius 1 is 1.45 bits per heavy atom. The highest BCUT2D eigenvalue weighted by molar-refractivity contribution is 7.91. The summed E-state index contributed by atoms with van der Waals surface area (Å²) in [6.45, 7) is 1.35. The molecule has 20 heavy (non-hydrogen) atoms. The quantitative estimate of drug-likeness (QED) is 0.826. The van der Waals surface area contributed by atoms with E-state index < -0.39 is 9.84 Å². The van der Waals surface area contributed by atoms with Crippen LogP contribution in [-0.2, 0) is 22.9 Å². The number of nitrogens with one attached hydrogen (secondary N) is 1. The van der Waals surface area contributed by atoms with Gasteiger partial charge in [0.2, 0.25) is 0 Å². The van der Waals surface area contributed by atoms with E-state index in [1.54, 1.807) is 0 Å². The predicted molar refractivity (Wildman–Crippen MR) is 74.9 cm³/mol. The maximum atomic E-state index is 11.5. The average molecular weight is 299 g/mol. The van der Waals surface area contributed by atoms with Gasteiger partial charge in [0.05, 0.1) is 23.7 Å². The van der Waals surface area contributed by atoms with Gasteiger partial charge in [-0.1, -0.05) is 5.16 Å². The summed E-state index contributed by atoms with van der Waals surface area (Å²) in [6.07, 6.45) is 3.22. The molecule has 6 nitrogen and oxygen atoms in total. The van der Waals surface area contributed by atoms with Crippen LogP contribution in [0.5, 0.6) is 0 Å². The highest BCUT2D eigenvalue weighted by Gasteiger charge is 2.31. The lowest BCUT2D eigenvalue weighted by Crippen LogP contribution is -2.31. The fourth-order valence-electron chi connectivity index (χ4n) is 2.55. The first kappa shape index (κ1) is 14.0. The van der Waals surface area contributed by atoms with Gasteiger partial charge in [-0.2, -0.15) is 0 Å². The van der Waals surface area contributed by atoms with Gasteiger partial charge in [-0.25, -0.2) is 8.42 Å². The van der Waals surface area contributed by atoms with Crippen molar-refractivity contribution in [1.29, 1.82) is 0 Å². The first-order valence-corrected chi connectivity index (χ1v) is 8.92. The summed E-state index contributed by atoms with van der Waals surface area (Å²) in [6, 6.07) is 2.70. The van der Waals surface area contributed by atoms with E-state index in [0.29, 0.717) is 24.8 Å². The molecule has 0 radical (unpaired) electrons. The fourth-order valence-corrected chi connectivity index (χ4v) is 4.35. The number of rotatable bonds is 6. The zero-order valence-electron chi connectivity index (χ0n) is 11.7. The van der Waals surface area contributed by atoms with Gasteiger partial charge in [-0.15, -0.1) is 0 Å². The van der Waals surface area contributed by atoms with Crippen LogP contribution in [0.3, 0.4) is 0 Å². The normalized spacial score (nSPS) is 25.4. The van der Waals surface area contributed by atoms with Crippen molar-refractivity contribution in [3.8, 4) is 0 Å². The third kappa shape index (κ3) is 3.59. The van der Waals surface area contributed by atoms with Crippen molar-refractivity contribution >= 4 is 9.84 Å². The van der Waals surface area contributed by atoms with Gasteiger partial charge < -0.3 is 9.84 Å². The summed E-state index contributed by atoms with van der Waals surface area (Å²) in [5.41, 5.74) is 0.916. The molecule has 1 saturated carbocycles. The summed E-state index contributed by atoms with van der Waals surface area (Å²) < 4.78 is 28.3. The Morgan fingerprint density at radius 2 is 2.25 bits per heavy atom. The Balaban J connectivity index is 1.51. The number of hydrogen-bond donors (Lipinski definition) is 1. The molecule has 3 rings (SSSR count). The van der Waals surface area contributed by atoms with E-state index in [4.69, 9.17) is 4.52 Å². The number of aromatic nitrogens is 1. The van der Waals surface area contributed by atoms with Gasteiger partial charge >= 0.3 is 0 Å². The molecule has 112 valence electrons. The fraction of sp³-hybridized carbons (Fsp3) is 0.769. The molecule has 0 spiro atoms. The van der Waals surface area contributed by atoms with Crippen molar-refractivity contribution in [1.82, 2.24) is 15.4 Å².